The van der Waals surface area contributed by atoms with Gasteiger partial charge in [0.1, 0.15) is 0 Å². The van der Waals surface area contributed by atoms with Crippen molar-refractivity contribution in [2.24, 2.45) is 0 Å². The summed E-state index contributed by atoms with van der Waals surface area (Å²) in [5.74, 6) is 0. The lowest BCUT2D eigenvalue weighted by Crippen LogP contribution is -2.29. The van der Waals surface area contributed by atoms with Gasteiger partial charge in [0.2, 0.25) is 0 Å². The SMILES string of the molecule is COCC(O)CNCc1cnc2cc(C)nn2c1. The predicted molar refractivity (Wildman–Crippen MR) is 67.3 cm³/mol. The molecule has 0 saturated carbocycles. The molecule has 1 unspecified atom stereocenters. The number of aliphatic hydroxyl groups excluding tert-OH is 1. The number of hydrogen-bond donors (Lipinski definition) is 2. The topological polar surface area (TPSA) is 71.7 Å². The van der Waals surface area contributed by atoms with Gasteiger partial charge in [-0.25, -0.2) is 9.50 Å². The lowest BCUT2D eigenvalue weighted by Gasteiger charge is -2.10. The van der Waals surface area contributed by atoms with E-state index in [1.165, 1.54) is 0 Å². The molecule has 0 spiro atoms. The van der Waals surface area contributed by atoms with Crippen molar-refractivity contribution in [3.05, 3.63) is 29.7 Å². The third-order valence-electron chi connectivity index (χ3n) is 2.56. The molecule has 2 aromatic heterocycles. The summed E-state index contributed by atoms with van der Waals surface area (Å²) >= 11 is 0. The second-order valence-electron chi connectivity index (χ2n) is 4.29. The van der Waals surface area contributed by atoms with Gasteiger partial charge >= 0.3 is 0 Å². The van der Waals surface area contributed by atoms with E-state index < -0.39 is 6.10 Å². The normalized spacial score (nSPS) is 13.1. The van der Waals surface area contributed by atoms with Crippen LogP contribution < -0.4 is 5.32 Å². The number of aliphatic hydroxyl groups is 1. The second-order valence-corrected chi connectivity index (χ2v) is 4.29. The van der Waals surface area contributed by atoms with Crippen LogP contribution in [-0.4, -0.2) is 46.1 Å². The Hall–Kier alpha value is -1.50. The number of fused-ring (bicyclic) bond motifs is 1. The minimum Gasteiger partial charge on any atom is -0.389 e. The lowest BCUT2D eigenvalue weighted by atomic mass is 10.3. The Kier molecular flexibility index (Phi) is 4.24. The highest BCUT2D eigenvalue weighted by molar-refractivity contribution is 5.38. The maximum absolute atomic E-state index is 9.48. The second kappa shape index (κ2) is 5.90. The van der Waals surface area contributed by atoms with Crippen molar-refractivity contribution in [1.29, 1.82) is 0 Å². The molecule has 0 aromatic carbocycles. The van der Waals surface area contributed by atoms with Crippen LogP contribution >= 0.6 is 0 Å². The molecule has 0 aliphatic carbocycles. The number of nitrogens with zero attached hydrogens (tertiary/aromatic N) is 3. The first-order valence-corrected chi connectivity index (χ1v) is 5.87. The fourth-order valence-corrected chi connectivity index (χ4v) is 1.76. The first-order valence-electron chi connectivity index (χ1n) is 5.87. The highest BCUT2D eigenvalue weighted by atomic mass is 16.5. The number of aromatic nitrogens is 3. The van der Waals surface area contributed by atoms with Gasteiger partial charge in [0.05, 0.1) is 18.4 Å². The molecule has 6 heteroatoms. The Morgan fingerprint density at radius 1 is 1.56 bits per heavy atom. The van der Waals surface area contributed by atoms with Crippen LogP contribution in [0.2, 0.25) is 0 Å². The molecular weight excluding hydrogens is 232 g/mol. The molecule has 6 nitrogen and oxygen atoms in total. The summed E-state index contributed by atoms with van der Waals surface area (Å²) in [5, 5.41) is 16.9. The molecule has 2 rings (SSSR count). The van der Waals surface area contributed by atoms with E-state index in [9.17, 15) is 5.11 Å². The van der Waals surface area contributed by atoms with Gasteiger partial charge in [-0.05, 0) is 6.92 Å². The Labute approximate surface area is 106 Å². The van der Waals surface area contributed by atoms with Crippen LogP contribution in [-0.2, 0) is 11.3 Å². The minimum atomic E-state index is -0.487. The van der Waals surface area contributed by atoms with E-state index in [4.69, 9.17) is 4.74 Å². The van der Waals surface area contributed by atoms with E-state index in [2.05, 4.69) is 15.4 Å². The zero-order chi connectivity index (χ0) is 13.0. The standard InChI is InChI=1S/C12H18N4O2/c1-9-3-12-14-5-10(7-16(12)15-9)4-13-6-11(17)8-18-2/h3,5,7,11,13,17H,4,6,8H2,1-2H3. The van der Waals surface area contributed by atoms with E-state index >= 15 is 0 Å². The molecule has 0 bridgehead atoms. The van der Waals surface area contributed by atoms with Crippen molar-refractivity contribution >= 4 is 5.65 Å². The third kappa shape index (κ3) is 3.25. The Morgan fingerprint density at radius 3 is 3.17 bits per heavy atom. The summed E-state index contributed by atoms with van der Waals surface area (Å²) in [5.41, 5.74) is 2.81. The van der Waals surface area contributed by atoms with Crippen molar-refractivity contribution in [2.75, 3.05) is 20.3 Å². The zero-order valence-electron chi connectivity index (χ0n) is 10.6. The number of hydrogen-bond acceptors (Lipinski definition) is 5. The van der Waals surface area contributed by atoms with Crippen LogP contribution in [0, 0.1) is 6.92 Å². The summed E-state index contributed by atoms with van der Waals surface area (Å²) in [6.07, 6.45) is 3.26. The summed E-state index contributed by atoms with van der Waals surface area (Å²) in [6, 6.07) is 1.93. The van der Waals surface area contributed by atoms with Gasteiger partial charge in [-0.1, -0.05) is 0 Å². The van der Waals surface area contributed by atoms with E-state index in [1.807, 2.05) is 25.4 Å². The van der Waals surface area contributed by atoms with Gasteiger partial charge in [-0.15, -0.1) is 0 Å². The van der Waals surface area contributed by atoms with E-state index in [1.54, 1.807) is 11.6 Å². The molecular formula is C12H18N4O2. The summed E-state index contributed by atoms with van der Waals surface area (Å²) in [7, 11) is 1.57. The van der Waals surface area contributed by atoms with Gasteiger partial charge in [-0.2, -0.15) is 5.10 Å². The maximum Gasteiger partial charge on any atom is 0.155 e. The number of methoxy groups -OCH3 is 1. The molecule has 18 heavy (non-hydrogen) atoms. The molecule has 0 radical (unpaired) electrons. The van der Waals surface area contributed by atoms with Crippen molar-refractivity contribution in [1.82, 2.24) is 19.9 Å². The fraction of sp³-hybridized carbons (Fsp3) is 0.500. The Balaban J connectivity index is 1.91. The molecule has 98 valence electrons. The molecule has 0 aliphatic heterocycles. The zero-order valence-corrected chi connectivity index (χ0v) is 10.6. The monoisotopic (exact) mass is 250 g/mol. The van der Waals surface area contributed by atoms with Crippen LogP contribution in [0.5, 0.6) is 0 Å². The quantitative estimate of drug-likeness (QED) is 0.762. The average molecular weight is 250 g/mol. The molecule has 0 aliphatic rings. The molecule has 2 N–H and O–H groups in total. The lowest BCUT2D eigenvalue weighted by molar-refractivity contribution is 0.0644. The van der Waals surface area contributed by atoms with Crippen molar-refractivity contribution in [3.8, 4) is 0 Å². The molecule has 2 aromatic rings. The highest BCUT2D eigenvalue weighted by Crippen LogP contribution is 2.04. The first-order chi connectivity index (χ1) is 8.69. The van der Waals surface area contributed by atoms with Crippen molar-refractivity contribution in [2.45, 2.75) is 19.6 Å². The Morgan fingerprint density at radius 2 is 2.39 bits per heavy atom. The number of aryl methyl sites for hydroxylation is 1. The predicted octanol–water partition coefficient (Wildman–Crippen LogP) is 0.135. The minimum absolute atomic E-state index is 0.336. The molecule has 0 saturated heterocycles. The van der Waals surface area contributed by atoms with E-state index in [0.29, 0.717) is 19.7 Å². The van der Waals surface area contributed by atoms with Crippen molar-refractivity contribution < 1.29 is 9.84 Å². The maximum atomic E-state index is 9.48. The molecule has 0 fully saturated rings. The van der Waals surface area contributed by atoms with E-state index in [0.717, 1.165) is 16.9 Å². The van der Waals surface area contributed by atoms with Crippen molar-refractivity contribution in [3.63, 3.8) is 0 Å². The van der Waals surface area contributed by atoms with Crippen LogP contribution in [0.15, 0.2) is 18.5 Å². The third-order valence-corrected chi connectivity index (χ3v) is 2.56. The van der Waals surface area contributed by atoms with Crippen LogP contribution in [0.3, 0.4) is 0 Å². The largest absolute Gasteiger partial charge is 0.389 e. The average Bonchev–Trinajstić information content (AvgIpc) is 2.69. The fourth-order valence-electron chi connectivity index (χ4n) is 1.76. The van der Waals surface area contributed by atoms with Gasteiger partial charge in [0.15, 0.2) is 5.65 Å². The van der Waals surface area contributed by atoms with E-state index in [-0.39, 0.29) is 0 Å². The molecule has 0 amide bonds. The number of rotatable bonds is 6. The van der Waals surface area contributed by atoms with Gasteiger partial charge < -0.3 is 15.2 Å². The molecule has 2 heterocycles. The number of nitrogens with one attached hydrogen (secondary N) is 1. The van der Waals surface area contributed by atoms with Gasteiger partial charge in [0.25, 0.3) is 0 Å². The van der Waals surface area contributed by atoms with Crippen LogP contribution in [0.25, 0.3) is 5.65 Å². The smallest absolute Gasteiger partial charge is 0.155 e. The summed E-state index contributed by atoms with van der Waals surface area (Å²) in [6.45, 7) is 3.41. The molecule has 1 atom stereocenters. The summed E-state index contributed by atoms with van der Waals surface area (Å²) < 4.78 is 6.61. The van der Waals surface area contributed by atoms with Crippen LogP contribution in [0.4, 0.5) is 0 Å². The van der Waals surface area contributed by atoms with Gasteiger partial charge in [-0.3, -0.25) is 0 Å². The Bertz CT molecular complexity index is 512. The van der Waals surface area contributed by atoms with Gasteiger partial charge in [0, 0.05) is 44.2 Å². The highest BCUT2D eigenvalue weighted by Gasteiger charge is 2.04. The number of ether oxygens (including phenoxy) is 1. The summed E-state index contributed by atoms with van der Waals surface area (Å²) in [4.78, 5) is 4.31. The van der Waals surface area contributed by atoms with Crippen LogP contribution in [0.1, 0.15) is 11.3 Å². The first kappa shape index (κ1) is 12.9.